The Morgan fingerprint density at radius 2 is 1.65 bits per heavy atom. The van der Waals surface area contributed by atoms with Gasteiger partial charge in [-0.1, -0.05) is 37.8 Å². The quantitative estimate of drug-likeness (QED) is 0.787. The largest absolute Gasteiger partial charge is 0.497 e. The molecule has 0 amide bonds. The number of nitrogens with zero attached hydrogens (tertiary/aromatic N) is 1. The van der Waals surface area contributed by atoms with Crippen molar-refractivity contribution < 1.29 is 13.2 Å². The maximum atomic E-state index is 12.7. The van der Waals surface area contributed by atoms with Crippen molar-refractivity contribution in [2.45, 2.75) is 62.7 Å². The molecule has 0 bridgehead atoms. The SMILES string of the molecule is COc1ccc(C(CNS(=O)(=O)C2CCCC2)N2CCCCCC2)cc1. The molecule has 3 rings (SSSR count). The highest BCUT2D eigenvalue weighted by Crippen LogP contribution is 2.27. The van der Waals surface area contributed by atoms with E-state index in [2.05, 4.69) is 21.8 Å². The number of ether oxygens (including phenoxy) is 1. The average molecular weight is 381 g/mol. The standard InChI is InChI=1S/C20H32N2O3S/c1-25-18-12-10-17(11-13-18)20(22-14-6-2-3-7-15-22)16-21-26(23,24)19-8-4-5-9-19/h10-13,19-21H,2-9,14-16H2,1H3. The number of methoxy groups -OCH3 is 1. The Morgan fingerprint density at radius 1 is 1.04 bits per heavy atom. The van der Waals surface area contributed by atoms with Gasteiger partial charge in [0.1, 0.15) is 5.75 Å². The van der Waals surface area contributed by atoms with Gasteiger partial charge in [-0.2, -0.15) is 0 Å². The van der Waals surface area contributed by atoms with Crippen LogP contribution in [0, 0.1) is 0 Å². The van der Waals surface area contributed by atoms with Gasteiger partial charge < -0.3 is 4.74 Å². The summed E-state index contributed by atoms with van der Waals surface area (Å²) in [4.78, 5) is 2.45. The molecule has 1 atom stereocenters. The van der Waals surface area contributed by atoms with Crippen LogP contribution < -0.4 is 9.46 Å². The van der Waals surface area contributed by atoms with Gasteiger partial charge in [0, 0.05) is 12.6 Å². The van der Waals surface area contributed by atoms with Crippen molar-refractivity contribution in [1.29, 1.82) is 0 Å². The Hall–Kier alpha value is -1.11. The summed E-state index contributed by atoms with van der Waals surface area (Å²) in [6.07, 6.45) is 8.54. The summed E-state index contributed by atoms with van der Waals surface area (Å²) in [7, 11) is -1.56. The van der Waals surface area contributed by atoms with Crippen LogP contribution in [0.2, 0.25) is 0 Å². The Kier molecular flexibility index (Phi) is 6.95. The third-order valence-corrected chi connectivity index (χ3v) is 7.72. The molecule has 0 spiro atoms. The lowest BCUT2D eigenvalue weighted by molar-refractivity contribution is 0.206. The van der Waals surface area contributed by atoms with E-state index in [0.29, 0.717) is 6.54 Å². The number of rotatable bonds is 7. The number of benzene rings is 1. The number of hydrogen-bond donors (Lipinski definition) is 1. The van der Waals surface area contributed by atoms with E-state index < -0.39 is 10.0 Å². The predicted octanol–water partition coefficient (Wildman–Crippen LogP) is 3.47. The topological polar surface area (TPSA) is 58.6 Å². The Bertz CT molecular complexity index is 646. The zero-order valence-corrected chi connectivity index (χ0v) is 16.6. The zero-order valence-electron chi connectivity index (χ0n) is 15.8. The van der Waals surface area contributed by atoms with Gasteiger partial charge in [0.15, 0.2) is 0 Å². The first-order valence-corrected chi connectivity index (χ1v) is 11.5. The van der Waals surface area contributed by atoms with E-state index in [1.807, 2.05) is 12.1 Å². The van der Waals surface area contributed by atoms with Gasteiger partial charge in [-0.3, -0.25) is 4.90 Å². The van der Waals surface area contributed by atoms with E-state index in [9.17, 15) is 8.42 Å². The molecule has 1 heterocycles. The molecular weight excluding hydrogens is 348 g/mol. The van der Waals surface area contributed by atoms with Crippen molar-refractivity contribution in [2.75, 3.05) is 26.7 Å². The molecule has 1 saturated carbocycles. The van der Waals surface area contributed by atoms with Gasteiger partial charge in [-0.25, -0.2) is 13.1 Å². The molecule has 6 heteroatoms. The Morgan fingerprint density at radius 3 is 2.23 bits per heavy atom. The van der Waals surface area contributed by atoms with E-state index in [1.54, 1.807) is 7.11 Å². The van der Waals surface area contributed by atoms with Gasteiger partial charge in [-0.05, 0) is 56.5 Å². The second-order valence-corrected chi connectivity index (χ2v) is 9.58. The van der Waals surface area contributed by atoms with E-state index in [1.165, 1.54) is 25.7 Å². The highest BCUT2D eigenvalue weighted by Gasteiger charge is 2.30. The van der Waals surface area contributed by atoms with Crippen molar-refractivity contribution in [3.63, 3.8) is 0 Å². The lowest BCUT2D eigenvalue weighted by Gasteiger charge is -2.31. The summed E-state index contributed by atoms with van der Waals surface area (Å²) in [6, 6.07) is 8.14. The zero-order chi connectivity index (χ0) is 18.4. The fourth-order valence-electron chi connectivity index (χ4n) is 4.20. The van der Waals surface area contributed by atoms with Crippen molar-refractivity contribution in [3.8, 4) is 5.75 Å². The molecule has 5 nitrogen and oxygen atoms in total. The molecule has 1 N–H and O–H groups in total. The summed E-state index contributed by atoms with van der Waals surface area (Å²) in [5.41, 5.74) is 1.15. The van der Waals surface area contributed by atoms with Crippen LogP contribution in [0.25, 0.3) is 0 Å². The van der Waals surface area contributed by atoms with Crippen molar-refractivity contribution in [2.24, 2.45) is 0 Å². The predicted molar refractivity (Wildman–Crippen MR) is 105 cm³/mol. The fourth-order valence-corrected chi connectivity index (χ4v) is 5.78. The monoisotopic (exact) mass is 380 g/mol. The fraction of sp³-hybridized carbons (Fsp3) is 0.700. The van der Waals surface area contributed by atoms with Gasteiger partial charge in [-0.15, -0.1) is 0 Å². The van der Waals surface area contributed by atoms with Gasteiger partial charge in [0.2, 0.25) is 10.0 Å². The second-order valence-electron chi connectivity index (χ2n) is 7.54. The molecule has 1 aromatic rings. The molecule has 1 unspecified atom stereocenters. The number of sulfonamides is 1. The molecule has 146 valence electrons. The lowest BCUT2D eigenvalue weighted by Crippen LogP contribution is -2.41. The summed E-state index contributed by atoms with van der Waals surface area (Å²) >= 11 is 0. The molecule has 1 aromatic carbocycles. The van der Waals surface area contributed by atoms with Crippen LogP contribution in [0.5, 0.6) is 5.75 Å². The second kappa shape index (κ2) is 9.20. The normalized spacial score (nSPS) is 21.4. The summed E-state index contributed by atoms with van der Waals surface area (Å²) < 4.78 is 33.6. The first kappa shape index (κ1) is 19.6. The third kappa shape index (κ3) is 4.99. The maximum Gasteiger partial charge on any atom is 0.214 e. The van der Waals surface area contributed by atoms with Crippen LogP contribution in [-0.4, -0.2) is 45.3 Å². The smallest absolute Gasteiger partial charge is 0.214 e. The first-order valence-electron chi connectivity index (χ1n) is 9.96. The van der Waals surface area contributed by atoms with Gasteiger partial charge in [0.25, 0.3) is 0 Å². The van der Waals surface area contributed by atoms with Crippen LogP contribution in [0.15, 0.2) is 24.3 Å². The Labute approximate surface area is 158 Å². The number of likely N-dealkylation sites (tertiary alicyclic amines) is 1. The highest BCUT2D eigenvalue weighted by molar-refractivity contribution is 7.90. The molecule has 2 aliphatic rings. The van der Waals surface area contributed by atoms with E-state index in [-0.39, 0.29) is 11.3 Å². The van der Waals surface area contributed by atoms with E-state index >= 15 is 0 Å². The summed E-state index contributed by atoms with van der Waals surface area (Å²) in [5, 5.41) is -0.205. The molecular formula is C20H32N2O3S. The summed E-state index contributed by atoms with van der Waals surface area (Å²) in [5.74, 6) is 0.829. The summed E-state index contributed by atoms with van der Waals surface area (Å²) in [6.45, 7) is 2.51. The van der Waals surface area contributed by atoms with Crippen LogP contribution in [0.3, 0.4) is 0 Å². The van der Waals surface area contributed by atoms with Crippen LogP contribution in [-0.2, 0) is 10.0 Å². The highest BCUT2D eigenvalue weighted by atomic mass is 32.2. The molecule has 1 aliphatic heterocycles. The minimum Gasteiger partial charge on any atom is -0.497 e. The third-order valence-electron chi connectivity index (χ3n) is 5.80. The van der Waals surface area contributed by atoms with Crippen LogP contribution in [0.1, 0.15) is 63.0 Å². The van der Waals surface area contributed by atoms with Crippen LogP contribution >= 0.6 is 0 Å². The van der Waals surface area contributed by atoms with Crippen molar-refractivity contribution >= 4 is 10.0 Å². The molecule has 2 fully saturated rings. The van der Waals surface area contributed by atoms with Gasteiger partial charge >= 0.3 is 0 Å². The maximum absolute atomic E-state index is 12.7. The van der Waals surface area contributed by atoms with Gasteiger partial charge in [0.05, 0.1) is 12.4 Å². The van der Waals surface area contributed by atoms with E-state index in [4.69, 9.17) is 4.74 Å². The van der Waals surface area contributed by atoms with Crippen LogP contribution in [0.4, 0.5) is 0 Å². The minimum absolute atomic E-state index is 0.0789. The number of hydrogen-bond acceptors (Lipinski definition) is 4. The lowest BCUT2D eigenvalue weighted by atomic mass is 10.0. The first-order chi connectivity index (χ1) is 12.6. The molecule has 1 aliphatic carbocycles. The molecule has 26 heavy (non-hydrogen) atoms. The average Bonchev–Trinajstić information content (AvgIpc) is 3.08. The van der Waals surface area contributed by atoms with Crippen molar-refractivity contribution in [1.82, 2.24) is 9.62 Å². The Balaban J connectivity index is 1.75. The molecule has 0 radical (unpaired) electrons. The molecule has 0 aromatic heterocycles. The van der Waals surface area contributed by atoms with E-state index in [0.717, 1.165) is 50.1 Å². The number of nitrogens with one attached hydrogen (secondary N) is 1. The molecule has 1 saturated heterocycles. The minimum atomic E-state index is -3.23. The van der Waals surface area contributed by atoms with Crippen molar-refractivity contribution in [3.05, 3.63) is 29.8 Å².